The fraction of sp³-hybridized carbons (Fsp3) is 0.357. The third kappa shape index (κ3) is 6.96. The van der Waals surface area contributed by atoms with Crippen LogP contribution in [0.5, 0.6) is 5.75 Å². The van der Waals surface area contributed by atoms with E-state index in [1.807, 2.05) is 60.7 Å². The number of benzene rings is 3. The molecule has 1 saturated heterocycles. The molecule has 0 unspecified atom stereocenters. The van der Waals surface area contributed by atoms with Crippen LogP contribution < -0.4 is 26.4 Å². The smallest absolute Gasteiger partial charge is 0.333 e. The van der Waals surface area contributed by atoms with Crippen LogP contribution in [-0.4, -0.2) is 75.4 Å². The maximum Gasteiger partial charge on any atom is 0.333 e. The second-order valence-corrected chi connectivity index (χ2v) is 20.4. The lowest BCUT2D eigenvalue weighted by Crippen LogP contribution is -2.65. The molecule has 0 aliphatic carbocycles. The molecule has 1 aliphatic heterocycles. The van der Waals surface area contributed by atoms with Crippen LogP contribution in [0.15, 0.2) is 101 Å². The number of nitrogens with zero attached hydrogens (tertiary/aromatic N) is 6. The van der Waals surface area contributed by atoms with Crippen molar-refractivity contribution in [2.75, 3.05) is 27.3 Å². The van der Waals surface area contributed by atoms with Crippen molar-refractivity contribution in [3.05, 3.63) is 129 Å². The lowest BCUT2D eigenvalue weighted by Gasteiger charge is -2.41. The van der Waals surface area contributed by atoms with Crippen molar-refractivity contribution in [3.63, 3.8) is 0 Å². The molecule has 0 spiro atoms. The average molecular weight is 811 g/mol. The molecule has 6 aromatic rings. The van der Waals surface area contributed by atoms with E-state index in [4.69, 9.17) is 9.47 Å². The third-order valence-corrected chi connectivity index (χ3v) is 17.4. The summed E-state index contributed by atoms with van der Waals surface area (Å²) in [6.07, 6.45) is 3.47. The second kappa shape index (κ2) is 15.6. The summed E-state index contributed by atoms with van der Waals surface area (Å²) in [6.45, 7) is 7.97. The van der Waals surface area contributed by atoms with Crippen LogP contribution in [0.3, 0.4) is 0 Å². The van der Waals surface area contributed by atoms with Crippen LogP contribution in [0.25, 0.3) is 15.2 Å². The van der Waals surface area contributed by atoms with Gasteiger partial charge in [-0.05, 0) is 66.7 Å². The molecule has 57 heavy (non-hydrogen) atoms. The fourth-order valence-corrected chi connectivity index (χ4v) is 13.2. The quantitative estimate of drug-likeness (QED) is 0.121. The summed E-state index contributed by atoms with van der Waals surface area (Å²) in [7, 11) is -0.174. The van der Waals surface area contributed by atoms with Crippen molar-refractivity contribution in [1.29, 1.82) is 0 Å². The molecule has 0 radical (unpaired) electrons. The number of hydrogen-bond donors (Lipinski definition) is 1. The third-order valence-electron chi connectivity index (χ3n) is 11.5. The number of amides is 1. The van der Waals surface area contributed by atoms with Crippen LogP contribution in [0.2, 0.25) is 5.04 Å². The Morgan fingerprint density at radius 3 is 2.21 bits per heavy atom. The number of thiophene rings is 1. The first-order valence-corrected chi connectivity index (χ1v) is 21.7. The Bertz CT molecular complexity index is 2480. The van der Waals surface area contributed by atoms with E-state index in [0.717, 1.165) is 14.9 Å². The monoisotopic (exact) mass is 810 g/mol. The number of methoxy groups -OCH3 is 1. The SMILES string of the molecule is COc1ccc(F)cc1[C@H](Cn1c(=O)n([C@@]2(C)CCN(C)C2=O)c(=O)c2c(C)c(-n3nccn3)sc21)OCCCC(C)(C)[Si](O)(c1ccccc1)c1ccccc1. The number of aryl methyl sites for hydroxylation is 1. The van der Waals surface area contributed by atoms with Crippen molar-refractivity contribution >= 4 is 46.2 Å². The molecule has 1 amide bonds. The molecular formula is C42H47FN6O6SSi. The number of rotatable bonds is 14. The van der Waals surface area contributed by atoms with Gasteiger partial charge < -0.3 is 19.2 Å². The Morgan fingerprint density at radius 2 is 1.63 bits per heavy atom. The molecule has 1 N–H and O–H groups in total. The van der Waals surface area contributed by atoms with Gasteiger partial charge in [0.25, 0.3) is 13.9 Å². The molecule has 298 valence electrons. The minimum Gasteiger partial charge on any atom is -0.496 e. The highest BCUT2D eigenvalue weighted by Crippen LogP contribution is 2.41. The molecule has 2 atom stereocenters. The predicted molar refractivity (Wildman–Crippen MR) is 221 cm³/mol. The zero-order valence-electron chi connectivity index (χ0n) is 32.9. The van der Waals surface area contributed by atoms with E-state index in [1.54, 1.807) is 20.9 Å². The Labute approximate surface area is 334 Å². The summed E-state index contributed by atoms with van der Waals surface area (Å²) >= 11 is 1.18. The number of likely N-dealkylation sites (tertiary alicyclic amines) is 1. The van der Waals surface area contributed by atoms with Crippen molar-refractivity contribution < 1.29 is 23.5 Å². The maximum absolute atomic E-state index is 15.1. The van der Waals surface area contributed by atoms with Crippen LogP contribution >= 0.6 is 11.3 Å². The Kier molecular flexibility index (Phi) is 11.0. The zero-order valence-corrected chi connectivity index (χ0v) is 34.8. The van der Waals surface area contributed by atoms with Gasteiger partial charge in [-0.25, -0.2) is 13.8 Å². The molecule has 3 aromatic heterocycles. The van der Waals surface area contributed by atoms with Gasteiger partial charge in [-0.15, -0.1) is 4.80 Å². The van der Waals surface area contributed by atoms with E-state index in [9.17, 15) is 19.2 Å². The normalized spacial score (nSPS) is 16.8. The lowest BCUT2D eigenvalue weighted by atomic mass is 10.00. The molecule has 1 aliphatic rings. The minimum atomic E-state index is -3.30. The predicted octanol–water partition coefficient (Wildman–Crippen LogP) is 4.91. The average Bonchev–Trinajstić information content (AvgIpc) is 3.93. The number of aromatic nitrogens is 5. The van der Waals surface area contributed by atoms with Gasteiger partial charge in [-0.2, -0.15) is 10.2 Å². The summed E-state index contributed by atoms with van der Waals surface area (Å²) in [5.74, 6) is -0.500. The number of likely N-dealkylation sites (N-methyl/N-ethyl adjacent to an activating group) is 1. The van der Waals surface area contributed by atoms with Crippen LogP contribution in [0.1, 0.15) is 57.3 Å². The summed E-state index contributed by atoms with van der Waals surface area (Å²) in [5.41, 5.74) is -1.78. The first-order chi connectivity index (χ1) is 27.2. The van der Waals surface area contributed by atoms with Gasteiger partial charge in [0.15, 0.2) is 0 Å². The van der Waals surface area contributed by atoms with E-state index in [1.165, 1.54) is 63.3 Å². The number of carbonyl (C=O) groups is 1. The maximum atomic E-state index is 15.1. The first-order valence-electron chi connectivity index (χ1n) is 18.9. The highest BCUT2D eigenvalue weighted by atomic mass is 32.1. The van der Waals surface area contributed by atoms with E-state index in [-0.39, 0.29) is 30.9 Å². The van der Waals surface area contributed by atoms with Gasteiger partial charge >= 0.3 is 5.69 Å². The molecule has 0 bridgehead atoms. The highest BCUT2D eigenvalue weighted by molar-refractivity contribution is 7.21. The zero-order chi connectivity index (χ0) is 40.7. The number of fused-ring (bicyclic) bond motifs is 1. The number of hydrogen-bond acceptors (Lipinski definition) is 9. The van der Waals surface area contributed by atoms with Crippen molar-refractivity contribution in [2.24, 2.45) is 0 Å². The summed E-state index contributed by atoms with van der Waals surface area (Å²) < 4.78 is 30.0. The number of ether oxygens (including phenoxy) is 2. The molecule has 0 saturated carbocycles. The van der Waals surface area contributed by atoms with Gasteiger partial charge in [0.2, 0.25) is 5.91 Å². The number of halogens is 1. The molecule has 12 nitrogen and oxygen atoms in total. The van der Waals surface area contributed by atoms with E-state index < -0.39 is 42.1 Å². The summed E-state index contributed by atoms with van der Waals surface area (Å²) in [4.78, 5) is 58.9. The number of carbonyl (C=O) groups excluding carboxylic acids is 1. The van der Waals surface area contributed by atoms with E-state index in [2.05, 4.69) is 24.0 Å². The van der Waals surface area contributed by atoms with Crippen LogP contribution in [0.4, 0.5) is 4.39 Å². The van der Waals surface area contributed by atoms with Crippen molar-refractivity contribution in [1.82, 2.24) is 29.0 Å². The molecule has 4 heterocycles. The second-order valence-electron chi connectivity index (χ2n) is 15.5. The van der Waals surface area contributed by atoms with Gasteiger partial charge in [0.05, 0.1) is 31.4 Å². The molecule has 15 heteroatoms. The Hall–Kier alpha value is -5.22. The minimum absolute atomic E-state index is 0.141. The fourth-order valence-electron chi connectivity index (χ4n) is 8.25. The molecule has 7 rings (SSSR count). The highest BCUT2D eigenvalue weighted by Gasteiger charge is 2.50. The Balaban J connectivity index is 1.30. The lowest BCUT2D eigenvalue weighted by molar-refractivity contribution is -0.133. The summed E-state index contributed by atoms with van der Waals surface area (Å²) in [6, 6.07) is 23.7. The molecule has 3 aromatic carbocycles. The standard InChI is InChI=1S/C42H47FN6O6SSi/c1-28-35-36(50)48(42(4)21-24-46(5)39(42)51)40(52)47(38(35)56-37(28)49-44-22-23-45-49)27-34(32-26-29(43)18-19-33(32)54-6)55-25-13-20-41(2,3)57(53,30-14-9-7-10-15-30)31-16-11-8-12-17-31/h7-12,14-19,22-23,26,34,53H,13,20-21,24-25,27H2,1-6H3/t34-,42-/m0/s1. The van der Waals surface area contributed by atoms with Gasteiger partial charge in [-0.1, -0.05) is 85.8 Å². The summed E-state index contributed by atoms with van der Waals surface area (Å²) in [5, 5.41) is 10.6. The van der Waals surface area contributed by atoms with Crippen molar-refractivity contribution in [2.45, 2.75) is 70.2 Å². The topological polar surface area (TPSA) is 134 Å². The van der Waals surface area contributed by atoms with E-state index >= 15 is 4.39 Å². The molecule has 1 fully saturated rings. The van der Waals surface area contributed by atoms with E-state index in [0.29, 0.717) is 46.1 Å². The van der Waals surface area contributed by atoms with Gasteiger partial charge in [0, 0.05) is 31.3 Å². The largest absolute Gasteiger partial charge is 0.496 e. The first kappa shape index (κ1) is 40.0. The Morgan fingerprint density at radius 1 is 1.00 bits per heavy atom. The molecular weight excluding hydrogens is 764 g/mol. The van der Waals surface area contributed by atoms with Gasteiger partial charge in [-0.3, -0.25) is 14.2 Å². The van der Waals surface area contributed by atoms with Crippen molar-refractivity contribution in [3.8, 4) is 10.8 Å². The van der Waals surface area contributed by atoms with Crippen LogP contribution in [0, 0.1) is 12.7 Å². The van der Waals surface area contributed by atoms with Crippen LogP contribution in [-0.2, 0) is 21.6 Å². The van der Waals surface area contributed by atoms with Gasteiger partial charge in [0.1, 0.15) is 33.0 Å².